The van der Waals surface area contributed by atoms with Crippen LogP contribution >= 0.6 is 0 Å². The van der Waals surface area contributed by atoms with Crippen LogP contribution < -0.4 is 10.6 Å². The topological polar surface area (TPSA) is 122 Å². The number of carbonyl (C=O) groups is 2. The number of aliphatic imine (C=N–C) groups is 1. The number of aromatic hydroxyl groups is 1. The highest BCUT2D eigenvalue weighted by Crippen LogP contribution is 2.43. The summed E-state index contributed by atoms with van der Waals surface area (Å²) in [6.07, 6.45) is 2.41. The first-order chi connectivity index (χ1) is 20.0. The quantitative estimate of drug-likeness (QED) is 0.281. The molecule has 1 aliphatic heterocycles. The van der Waals surface area contributed by atoms with E-state index in [1.165, 1.54) is 24.3 Å². The van der Waals surface area contributed by atoms with Gasteiger partial charge in [-0.2, -0.15) is 22.0 Å². The summed E-state index contributed by atoms with van der Waals surface area (Å²) in [7, 11) is 0. The molecule has 0 saturated heterocycles. The summed E-state index contributed by atoms with van der Waals surface area (Å²) in [6.45, 7) is 6.62. The average Bonchev–Trinajstić information content (AvgIpc) is 3.44. The number of allylic oxidation sites excluding steroid dienone is 4. The number of hydrogen-bond acceptors (Lipinski definition) is 7. The summed E-state index contributed by atoms with van der Waals surface area (Å²) < 4.78 is 68.0. The molecule has 1 amide bonds. The SMILES string of the molecule is Cc1cc(O)cc(C(=O)NC(C)(C)C)c1NCC1=CC(Cn2cnnc2C(F)(F)C(F)(F)F)=NC1C1=CCCC=CC1=O. The van der Waals surface area contributed by atoms with Crippen LogP contribution in [-0.2, 0) is 17.3 Å². The van der Waals surface area contributed by atoms with E-state index >= 15 is 0 Å². The summed E-state index contributed by atoms with van der Waals surface area (Å²) in [5.41, 5.74) is 1.51. The highest BCUT2D eigenvalue weighted by Gasteiger charge is 2.62. The molecule has 0 bridgehead atoms. The Balaban J connectivity index is 1.68. The Morgan fingerprint density at radius 1 is 1.14 bits per heavy atom. The van der Waals surface area contributed by atoms with E-state index in [0.29, 0.717) is 39.8 Å². The molecule has 0 fully saturated rings. The molecule has 1 aliphatic carbocycles. The minimum Gasteiger partial charge on any atom is -0.508 e. The summed E-state index contributed by atoms with van der Waals surface area (Å²) in [4.78, 5) is 30.5. The lowest BCUT2D eigenvalue weighted by Crippen LogP contribution is -2.41. The number of phenols is 1. The number of aromatic nitrogens is 3. The molecule has 1 aromatic heterocycles. The summed E-state index contributed by atoms with van der Waals surface area (Å²) in [6, 6.07) is 1.93. The second kappa shape index (κ2) is 11.7. The number of rotatable bonds is 8. The first-order valence-electron chi connectivity index (χ1n) is 13.4. The molecule has 43 heavy (non-hydrogen) atoms. The molecule has 2 aliphatic rings. The molecule has 0 saturated carbocycles. The van der Waals surface area contributed by atoms with Gasteiger partial charge < -0.3 is 20.3 Å². The number of amides is 1. The van der Waals surface area contributed by atoms with E-state index in [1.54, 1.807) is 39.8 Å². The minimum atomic E-state index is -5.88. The number of anilines is 1. The minimum absolute atomic E-state index is 0.0289. The van der Waals surface area contributed by atoms with Gasteiger partial charge >= 0.3 is 12.1 Å². The standard InChI is InChI=1S/C29H31F5N6O3/c1-16-10-19(41)12-21(25(43)38-27(2,3)4)23(16)35-13-17-11-18(37-24(17)20-8-6-5-7-9-22(20)42)14-40-15-36-39-26(40)28(30,31)29(32,33)34/h7-12,15,24,35,41H,5-6,13-14H2,1-4H3,(H,38,43). The molecular formula is C29H31F5N6O3. The number of alkyl halides is 5. The number of phenolic OH excluding ortho intramolecular Hbond substituents is 1. The van der Waals surface area contributed by atoms with Crippen LogP contribution in [0.25, 0.3) is 0 Å². The van der Waals surface area contributed by atoms with Crippen molar-refractivity contribution in [1.82, 2.24) is 20.1 Å². The fourth-order valence-corrected chi connectivity index (χ4v) is 4.75. The van der Waals surface area contributed by atoms with Crippen LogP contribution in [0, 0.1) is 6.92 Å². The lowest BCUT2D eigenvalue weighted by molar-refractivity contribution is -0.293. The van der Waals surface area contributed by atoms with Gasteiger partial charge in [0.05, 0.1) is 23.5 Å². The normalized spacial score (nSPS) is 17.7. The van der Waals surface area contributed by atoms with Crippen LogP contribution in [0.15, 0.2) is 58.9 Å². The lowest BCUT2D eigenvalue weighted by Gasteiger charge is -2.23. The summed E-state index contributed by atoms with van der Waals surface area (Å²) in [5.74, 6) is -7.70. The number of hydrogen-bond donors (Lipinski definition) is 3. The van der Waals surface area contributed by atoms with Gasteiger partial charge in [-0.05, 0) is 76.0 Å². The predicted molar refractivity (Wildman–Crippen MR) is 149 cm³/mol. The van der Waals surface area contributed by atoms with Crippen molar-refractivity contribution in [3.05, 3.63) is 70.9 Å². The Morgan fingerprint density at radius 3 is 2.53 bits per heavy atom. The molecule has 1 aromatic carbocycles. The number of aryl methyl sites for hydroxylation is 1. The molecule has 1 unspecified atom stereocenters. The molecule has 9 nitrogen and oxygen atoms in total. The van der Waals surface area contributed by atoms with Crippen LogP contribution in [0.1, 0.15) is 55.4 Å². The smallest absolute Gasteiger partial charge is 0.461 e. The maximum Gasteiger partial charge on any atom is 0.461 e. The second-order valence-corrected chi connectivity index (χ2v) is 11.3. The van der Waals surface area contributed by atoms with E-state index in [0.717, 1.165) is 6.33 Å². The van der Waals surface area contributed by atoms with Crippen LogP contribution in [-0.4, -0.2) is 61.6 Å². The van der Waals surface area contributed by atoms with Crippen molar-refractivity contribution in [1.29, 1.82) is 0 Å². The third-order valence-corrected chi connectivity index (χ3v) is 6.65. The maximum atomic E-state index is 14.1. The molecule has 3 N–H and O–H groups in total. The van der Waals surface area contributed by atoms with E-state index < -0.39 is 42.0 Å². The first kappa shape index (κ1) is 31.6. The number of halogens is 5. The van der Waals surface area contributed by atoms with Crippen molar-refractivity contribution in [2.24, 2.45) is 4.99 Å². The van der Waals surface area contributed by atoms with Gasteiger partial charge in [0.1, 0.15) is 18.1 Å². The average molecular weight is 607 g/mol. The van der Waals surface area contributed by atoms with Crippen LogP contribution in [0.2, 0.25) is 0 Å². The number of nitrogens with zero attached hydrogens (tertiary/aromatic N) is 4. The third kappa shape index (κ3) is 7.00. The summed E-state index contributed by atoms with van der Waals surface area (Å²) in [5, 5.41) is 22.5. The van der Waals surface area contributed by atoms with Crippen molar-refractivity contribution in [2.75, 3.05) is 11.9 Å². The fraction of sp³-hybridized carbons (Fsp3) is 0.414. The Labute approximate surface area is 244 Å². The molecule has 14 heteroatoms. The fourth-order valence-electron chi connectivity index (χ4n) is 4.75. The highest BCUT2D eigenvalue weighted by atomic mass is 19.4. The van der Waals surface area contributed by atoms with Crippen LogP contribution in [0.3, 0.4) is 0 Å². The highest BCUT2D eigenvalue weighted by molar-refractivity contribution is 6.08. The zero-order valence-electron chi connectivity index (χ0n) is 23.9. The molecule has 230 valence electrons. The van der Waals surface area contributed by atoms with Gasteiger partial charge in [-0.1, -0.05) is 12.2 Å². The van der Waals surface area contributed by atoms with Gasteiger partial charge in [0, 0.05) is 17.7 Å². The summed E-state index contributed by atoms with van der Waals surface area (Å²) >= 11 is 0. The van der Waals surface area contributed by atoms with E-state index in [9.17, 15) is 36.6 Å². The number of carbonyl (C=O) groups excluding carboxylic acids is 2. The van der Waals surface area contributed by atoms with Gasteiger partial charge in [0.2, 0.25) is 5.82 Å². The Bertz CT molecular complexity index is 1550. The maximum absolute atomic E-state index is 14.1. The zero-order valence-corrected chi connectivity index (χ0v) is 23.9. The monoisotopic (exact) mass is 606 g/mol. The lowest BCUT2D eigenvalue weighted by atomic mass is 9.96. The van der Waals surface area contributed by atoms with E-state index in [2.05, 4.69) is 25.8 Å². The molecule has 0 spiro atoms. The van der Waals surface area contributed by atoms with Gasteiger partial charge in [-0.3, -0.25) is 14.6 Å². The first-order valence-corrected chi connectivity index (χ1v) is 13.4. The Hall–Kier alpha value is -4.36. The van der Waals surface area contributed by atoms with Gasteiger partial charge in [0.25, 0.3) is 5.91 Å². The molecule has 0 radical (unpaired) electrons. The van der Waals surface area contributed by atoms with Crippen molar-refractivity contribution < 1.29 is 36.6 Å². The van der Waals surface area contributed by atoms with E-state index in [-0.39, 0.29) is 29.4 Å². The predicted octanol–water partition coefficient (Wildman–Crippen LogP) is 5.18. The molecule has 2 aromatic rings. The van der Waals surface area contributed by atoms with Crippen LogP contribution in [0.5, 0.6) is 5.75 Å². The van der Waals surface area contributed by atoms with Crippen molar-refractivity contribution in [3.8, 4) is 5.75 Å². The number of benzene rings is 1. The van der Waals surface area contributed by atoms with Crippen LogP contribution in [0.4, 0.5) is 27.6 Å². The Kier molecular flexibility index (Phi) is 8.61. The van der Waals surface area contributed by atoms with Crippen molar-refractivity contribution >= 4 is 23.1 Å². The van der Waals surface area contributed by atoms with E-state index in [4.69, 9.17) is 0 Å². The molecule has 2 heterocycles. The molecule has 4 rings (SSSR count). The molecular weight excluding hydrogens is 575 g/mol. The van der Waals surface area contributed by atoms with Crippen molar-refractivity contribution in [3.63, 3.8) is 0 Å². The third-order valence-electron chi connectivity index (χ3n) is 6.65. The van der Waals surface area contributed by atoms with Gasteiger partial charge in [-0.15, -0.1) is 10.2 Å². The number of nitrogens with one attached hydrogen (secondary N) is 2. The molecule has 1 atom stereocenters. The van der Waals surface area contributed by atoms with E-state index in [1.807, 2.05) is 0 Å². The van der Waals surface area contributed by atoms with Gasteiger partial charge in [-0.25, -0.2) is 0 Å². The zero-order chi connectivity index (χ0) is 31.7. The largest absolute Gasteiger partial charge is 0.508 e. The van der Waals surface area contributed by atoms with Gasteiger partial charge in [0.15, 0.2) is 5.78 Å². The second-order valence-electron chi connectivity index (χ2n) is 11.3. The number of ketones is 1. The Morgan fingerprint density at radius 2 is 1.86 bits per heavy atom. The van der Waals surface area contributed by atoms with Crippen molar-refractivity contribution in [2.45, 2.75) is 70.8 Å².